The average molecular weight is 315 g/mol. The van der Waals surface area contributed by atoms with Gasteiger partial charge in [-0.3, -0.25) is 9.59 Å². The Hall–Kier alpha value is -2.34. The van der Waals surface area contributed by atoms with Crippen molar-refractivity contribution in [3.8, 4) is 11.5 Å². The van der Waals surface area contributed by atoms with Gasteiger partial charge in [-0.2, -0.15) is 0 Å². The van der Waals surface area contributed by atoms with Gasteiger partial charge in [0.2, 0.25) is 0 Å². The Balaban J connectivity index is 1.85. The zero-order chi connectivity index (χ0) is 16.6. The van der Waals surface area contributed by atoms with Gasteiger partial charge in [0.1, 0.15) is 11.3 Å². The van der Waals surface area contributed by atoms with Crippen LogP contribution in [-0.4, -0.2) is 34.9 Å². The highest BCUT2D eigenvalue weighted by Crippen LogP contribution is 2.28. The summed E-state index contributed by atoms with van der Waals surface area (Å²) in [5, 5.41) is 0. The molecule has 2 aromatic rings. The van der Waals surface area contributed by atoms with Gasteiger partial charge in [-0.05, 0) is 36.1 Å². The molecule has 3 N–H and O–H groups in total. The van der Waals surface area contributed by atoms with Gasteiger partial charge in [-0.25, -0.2) is 0 Å². The Labute approximate surface area is 134 Å². The maximum atomic E-state index is 12.7. The topological polar surface area (TPSA) is 92.3 Å². The number of nitrogens with zero attached hydrogens (tertiary/aromatic N) is 1. The molecule has 0 aliphatic carbocycles. The molecule has 1 aliphatic rings. The minimum Gasteiger partial charge on any atom is -0.463 e. The number of pyridine rings is 1. The molecule has 122 valence electrons. The molecule has 6 nitrogen and oxygen atoms in total. The summed E-state index contributed by atoms with van der Waals surface area (Å²) in [6, 6.07) is 6.80. The number of carbonyl (C=O) groups is 1. The first kappa shape index (κ1) is 15.6. The maximum Gasteiger partial charge on any atom is 0.261 e. The van der Waals surface area contributed by atoms with E-state index in [1.807, 2.05) is 13.8 Å². The van der Waals surface area contributed by atoms with Crippen LogP contribution in [0.2, 0.25) is 0 Å². The first-order valence-electron chi connectivity index (χ1n) is 7.70. The van der Waals surface area contributed by atoms with Crippen molar-refractivity contribution in [1.82, 2.24) is 9.88 Å². The second-order valence-electron chi connectivity index (χ2n) is 6.70. The molecule has 1 amide bonds. The van der Waals surface area contributed by atoms with Crippen molar-refractivity contribution >= 4 is 5.91 Å². The van der Waals surface area contributed by atoms with E-state index in [-0.39, 0.29) is 22.9 Å². The summed E-state index contributed by atoms with van der Waals surface area (Å²) in [6.07, 6.45) is 2.27. The number of rotatable bonds is 2. The van der Waals surface area contributed by atoms with Crippen LogP contribution in [-0.2, 0) is 0 Å². The Bertz CT molecular complexity index is 762. The number of hydrogen-bond acceptors (Lipinski definition) is 4. The number of nitrogens with one attached hydrogen (secondary N) is 1. The van der Waals surface area contributed by atoms with E-state index in [0.29, 0.717) is 24.5 Å². The summed E-state index contributed by atoms with van der Waals surface area (Å²) in [7, 11) is 0. The highest BCUT2D eigenvalue weighted by Gasteiger charge is 2.36. The molecular formula is C17H21N3O3. The summed E-state index contributed by atoms with van der Waals surface area (Å²) < 4.78 is 5.25. The molecule has 0 saturated carbocycles. The lowest BCUT2D eigenvalue weighted by Crippen LogP contribution is -2.54. The Morgan fingerprint density at radius 1 is 1.39 bits per heavy atom. The van der Waals surface area contributed by atoms with Gasteiger partial charge in [0.15, 0.2) is 0 Å². The second kappa shape index (κ2) is 5.70. The molecule has 1 unspecified atom stereocenters. The van der Waals surface area contributed by atoms with Crippen molar-refractivity contribution < 1.29 is 9.21 Å². The second-order valence-corrected chi connectivity index (χ2v) is 6.70. The zero-order valence-electron chi connectivity index (χ0n) is 13.3. The maximum absolute atomic E-state index is 12.7. The number of hydrogen-bond donors (Lipinski definition) is 2. The molecular weight excluding hydrogens is 294 g/mol. The predicted octanol–water partition coefficient (Wildman–Crippen LogP) is 1.83. The number of amides is 1. The molecule has 1 aliphatic heterocycles. The van der Waals surface area contributed by atoms with Crippen molar-refractivity contribution in [1.29, 1.82) is 0 Å². The van der Waals surface area contributed by atoms with Gasteiger partial charge >= 0.3 is 0 Å². The number of H-pyrrole nitrogens is 1. The van der Waals surface area contributed by atoms with Crippen LogP contribution in [0, 0.1) is 5.41 Å². The quantitative estimate of drug-likeness (QED) is 0.884. The lowest BCUT2D eigenvalue weighted by atomic mass is 9.79. The highest BCUT2D eigenvalue weighted by molar-refractivity contribution is 5.94. The third-order valence-electron chi connectivity index (χ3n) is 4.53. The normalized spacial score (nSPS) is 20.5. The molecule has 3 heterocycles. The highest BCUT2D eigenvalue weighted by atomic mass is 16.3. The molecule has 0 radical (unpaired) electrons. The van der Waals surface area contributed by atoms with Gasteiger partial charge < -0.3 is 20.0 Å². The van der Waals surface area contributed by atoms with Crippen molar-refractivity contribution in [2.45, 2.75) is 26.3 Å². The van der Waals surface area contributed by atoms with Crippen LogP contribution in [0.5, 0.6) is 0 Å². The standard InChI is InChI=1S/C17H21N3O3/c1-17(2)10-20(8-7-14(17)18)16(22)11-5-6-12(19-15(11)21)13-4-3-9-23-13/h3-6,9,14H,7-8,10,18H2,1-2H3,(H,19,21). The smallest absolute Gasteiger partial charge is 0.261 e. The molecule has 0 bridgehead atoms. The Morgan fingerprint density at radius 3 is 2.78 bits per heavy atom. The molecule has 2 aromatic heterocycles. The van der Waals surface area contributed by atoms with Crippen LogP contribution >= 0.6 is 0 Å². The van der Waals surface area contributed by atoms with Gasteiger partial charge in [-0.15, -0.1) is 0 Å². The molecule has 1 fully saturated rings. The van der Waals surface area contributed by atoms with Crippen LogP contribution < -0.4 is 11.3 Å². The largest absolute Gasteiger partial charge is 0.463 e. The minimum absolute atomic E-state index is 0.0613. The van der Waals surface area contributed by atoms with Crippen molar-refractivity contribution in [2.75, 3.05) is 13.1 Å². The first-order chi connectivity index (χ1) is 10.9. The van der Waals surface area contributed by atoms with Crippen LogP contribution in [0.1, 0.15) is 30.6 Å². The fourth-order valence-corrected chi connectivity index (χ4v) is 2.94. The van der Waals surface area contributed by atoms with E-state index in [9.17, 15) is 9.59 Å². The minimum atomic E-state index is -0.406. The summed E-state index contributed by atoms with van der Waals surface area (Å²) >= 11 is 0. The van der Waals surface area contributed by atoms with E-state index in [2.05, 4.69) is 4.98 Å². The van der Waals surface area contributed by atoms with E-state index >= 15 is 0 Å². The molecule has 23 heavy (non-hydrogen) atoms. The number of aromatic amines is 1. The molecule has 6 heteroatoms. The monoisotopic (exact) mass is 315 g/mol. The van der Waals surface area contributed by atoms with E-state index < -0.39 is 5.56 Å². The third kappa shape index (κ3) is 2.94. The average Bonchev–Trinajstić information content (AvgIpc) is 3.03. The number of furan rings is 1. The van der Waals surface area contributed by atoms with E-state index in [0.717, 1.165) is 6.42 Å². The number of carbonyl (C=O) groups excluding carboxylic acids is 1. The summed E-state index contributed by atoms with van der Waals surface area (Å²) in [5.74, 6) is 0.309. The summed E-state index contributed by atoms with van der Waals surface area (Å²) in [4.78, 5) is 29.3. The molecule has 0 aromatic carbocycles. The van der Waals surface area contributed by atoms with Crippen LogP contribution in [0.3, 0.4) is 0 Å². The Morgan fingerprint density at radius 2 is 2.17 bits per heavy atom. The lowest BCUT2D eigenvalue weighted by Gasteiger charge is -2.42. The van der Waals surface area contributed by atoms with Gasteiger partial charge in [-0.1, -0.05) is 13.8 Å². The van der Waals surface area contributed by atoms with Gasteiger partial charge in [0.05, 0.1) is 12.0 Å². The van der Waals surface area contributed by atoms with E-state index in [1.165, 1.54) is 6.26 Å². The number of aromatic nitrogens is 1. The summed E-state index contributed by atoms with van der Waals surface area (Å²) in [6.45, 7) is 5.21. The van der Waals surface area contributed by atoms with Crippen molar-refractivity contribution in [3.05, 3.63) is 46.4 Å². The zero-order valence-corrected chi connectivity index (χ0v) is 13.3. The van der Waals surface area contributed by atoms with Crippen LogP contribution in [0.15, 0.2) is 39.7 Å². The fraction of sp³-hybridized carbons (Fsp3) is 0.412. The fourth-order valence-electron chi connectivity index (χ4n) is 2.94. The number of likely N-dealkylation sites (tertiary alicyclic amines) is 1. The summed E-state index contributed by atoms with van der Waals surface area (Å²) in [5.41, 5.74) is 6.24. The Kier molecular flexibility index (Phi) is 3.85. The SMILES string of the molecule is CC1(C)CN(C(=O)c2ccc(-c3ccco3)[nH]c2=O)CCC1N. The molecule has 3 rings (SSSR count). The van der Waals surface area contributed by atoms with Gasteiger partial charge in [0.25, 0.3) is 11.5 Å². The van der Waals surface area contributed by atoms with E-state index in [1.54, 1.807) is 29.2 Å². The van der Waals surface area contributed by atoms with Crippen LogP contribution in [0.4, 0.5) is 0 Å². The molecule has 1 saturated heterocycles. The van der Waals surface area contributed by atoms with Crippen LogP contribution in [0.25, 0.3) is 11.5 Å². The molecule has 0 spiro atoms. The number of nitrogens with two attached hydrogens (primary N) is 1. The molecule has 1 atom stereocenters. The number of piperidine rings is 1. The van der Waals surface area contributed by atoms with Crippen molar-refractivity contribution in [3.63, 3.8) is 0 Å². The van der Waals surface area contributed by atoms with Crippen molar-refractivity contribution in [2.24, 2.45) is 11.1 Å². The van der Waals surface area contributed by atoms with E-state index in [4.69, 9.17) is 10.2 Å². The first-order valence-corrected chi connectivity index (χ1v) is 7.70. The van der Waals surface area contributed by atoms with Gasteiger partial charge in [0, 0.05) is 19.1 Å². The predicted molar refractivity (Wildman–Crippen MR) is 87.0 cm³/mol. The lowest BCUT2D eigenvalue weighted by molar-refractivity contribution is 0.0531. The third-order valence-corrected chi connectivity index (χ3v) is 4.53.